The number of aromatic hydroxyl groups is 2. The Labute approximate surface area is 151 Å². The standard InChI is InChI=1S/C20H12F3NO3/c21-10-2-5-17(25)14(7-10)20(15-8-11(22)3-6-18(15)26)13-4-1-12(23)9-16(13)24-19(20)27/h1-9,25-26H,(H,24,27). The van der Waals surface area contributed by atoms with Gasteiger partial charge in [-0.15, -0.1) is 0 Å². The third-order valence-electron chi connectivity index (χ3n) is 4.70. The minimum Gasteiger partial charge on any atom is -0.508 e. The summed E-state index contributed by atoms with van der Waals surface area (Å²) in [6.07, 6.45) is 0. The van der Waals surface area contributed by atoms with E-state index in [9.17, 15) is 28.2 Å². The summed E-state index contributed by atoms with van der Waals surface area (Å²) in [5, 5.41) is 23.2. The summed E-state index contributed by atoms with van der Waals surface area (Å²) in [6.45, 7) is 0. The summed E-state index contributed by atoms with van der Waals surface area (Å²) >= 11 is 0. The number of hydrogen-bond acceptors (Lipinski definition) is 3. The SMILES string of the molecule is O=C1Nc2cc(F)ccc2C1(c1cc(F)ccc1O)c1cc(F)ccc1O. The summed E-state index contributed by atoms with van der Waals surface area (Å²) < 4.78 is 41.7. The minimum atomic E-state index is -1.97. The zero-order valence-corrected chi connectivity index (χ0v) is 13.6. The van der Waals surface area contributed by atoms with Gasteiger partial charge in [0.2, 0.25) is 5.91 Å². The minimum absolute atomic E-state index is 0.0762. The Balaban J connectivity index is 2.17. The number of anilines is 1. The Bertz CT molecular complexity index is 1050. The summed E-state index contributed by atoms with van der Waals surface area (Å²) in [4.78, 5) is 13.1. The smallest absolute Gasteiger partial charge is 0.244 e. The van der Waals surface area contributed by atoms with E-state index in [-0.39, 0.29) is 22.4 Å². The van der Waals surface area contributed by atoms with Gasteiger partial charge in [-0.05, 0) is 48.5 Å². The lowest BCUT2D eigenvalue weighted by atomic mass is 9.69. The van der Waals surface area contributed by atoms with E-state index in [2.05, 4.69) is 5.32 Å². The van der Waals surface area contributed by atoms with Gasteiger partial charge in [0.25, 0.3) is 0 Å². The third-order valence-corrected chi connectivity index (χ3v) is 4.70. The van der Waals surface area contributed by atoms with Crippen molar-refractivity contribution < 1.29 is 28.2 Å². The highest BCUT2D eigenvalue weighted by Crippen LogP contribution is 2.52. The largest absolute Gasteiger partial charge is 0.508 e. The van der Waals surface area contributed by atoms with Gasteiger partial charge < -0.3 is 15.5 Å². The highest BCUT2D eigenvalue weighted by molar-refractivity contribution is 6.12. The molecule has 0 spiro atoms. The molecule has 1 aliphatic heterocycles. The number of halogens is 3. The maximum Gasteiger partial charge on any atom is 0.244 e. The van der Waals surface area contributed by atoms with Crippen LogP contribution < -0.4 is 5.32 Å². The van der Waals surface area contributed by atoms with Crippen LogP contribution in [0, 0.1) is 17.5 Å². The fourth-order valence-electron chi connectivity index (χ4n) is 3.58. The summed E-state index contributed by atoms with van der Waals surface area (Å²) in [5.41, 5.74) is -2.15. The van der Waals surface area contributed by atoms with E-state index in [1.807, 2.05) is 0 Å². The lowest BCUT2D eigenvalue weighted by Gasteiger charge is -2.30. The van der Waals surface area contributed by atoms with Crippen molar-refractivity contribution in [3.8, 4) is 11.5 Å². The molecule has 3 N–H and O–H groups in total. The lowest BCUT2D eigenvalue weighted by molar-refractivity contribution is -0.118. The van der Waals surface area contributed by atoms with Crippen LogP contribution in [0.2, 0.25) is 0 Å². The Morgan fingerprint density at radius 3 is 1.74 bits per heavy atom. The first kappa shape index (κ1) is 17.0. The molecule has 0 atom stereocenters. The molecule has 0 aromatic heterocycles. The molecular weight excluding hydrogens is 359 g/mol. The number of phenols is 2. The van der Waals surface area contributed by atoms with Crippen LogP contribution in [0.5, 0.6) is 11.5 Å². The number of hydrogen-bond donors (Lipinski definition) is 3. The number of fused-ring (bicyclic) bond motifs is 1. The first-order valence-electron chi connectivity index (χ1n) is 7.93. The van der Waals surface area contributed by atoms with E-state index in [1.54, 1.807) is 0 Å². The quantitative estimate of drug-likeness (QED) is 0.642. The molecule has 0 fully saturated rings. The molecule has 27 heavy (non-hydrogen) atoms. The van der Waals surface area contributed by atoms with Crippen molar-refractivity contribution in [1.29, 1.82) is 0 Å². The number of rotatable bonds is 2. The van der Waals surface area contributed by atoms with Gasteiger partial charge in [-0.2, -0.15) is 0 Å². The fraction of sp³-hybridized carbons (Fsp3) is 0.0500. The first-order valence-corrected chi connectivity index (χ1v) is 7.93. The molecule has 3 aromatic carbocycles. The zero-order valence-electron chi connectivity index (χ0n) is 13.6. The molecule has 0 radical (unpaired) electrons. The average Bonchev–Trinajstić information content (AvgIpc) is 2.90. The van der Waals surface area contributed by atoms with Gasteiger partial charge in [-0.25, -0.2) is 13.2 Å². The van der Waals surface area contributed by atoms with Crippen LogP contribution in [0.25, 0.3) is 0 Å². The van der Waals surface area contributed by atoms with E-state index < -0.39 is 40.3 Å². The molecule has 0 saturated carbocycles. The molecule has 1 heterocycles. The topological polar surface area (TPSA) is 69.6 Å². The molecule has 3 aromatic rings. The lowest BCUT2D eigenvalue weighted by Crippen LogP contribution is -2.37. The van der Waals surface area contributed by atoms with Crippen LogP contribution in [0.4, 0.5) is 18.9 Å². The van der Waals surface area contributed by atoms with E-state index in [1.165, 1.54) is 6.07 Å². The summed E-state index contributed by atoms with van der Waals surface area (Å²) in [7, 11) is 0. The van der Waals surface area contributed by atoms with Crippen LogP contribution in [-0.2, 0) is 10.2 Å². The molecular formula is C20H12F3NO3. The molecule has 7 heteroatoms. The Hall–Kier alpha value is -3.48. The summed E-state index contributed by atoms with van der Waals surface area (Å²) in [5.74, 6) is -3.79. The monoisotopic (exact) mass is 371 g/mol. The molecule has 4 rings (SSSR count). The van der Waals surface area contributed by atoms with Crippen LogP contribution in [0.3, 0.4) is 0 Å². The second-order valence-corrected chi connectivity index (χ2v) is 6.22. The van der Waals surface area contributed by atoms with Gasteiger partial charge in [0, 0.05) is 22.4 Å². The molecule has 0 unspecified atom stereocenters. The maximum atomic E-state index is 14.0. The van der Waals surface area contributed by atoms with Crippen LogP contribution >= 0.6 is 0 Å². The highest BCUT2D eigenvalue weighted by atomic mass is 19.1. The predicted molar refractivity (Wildman–Crippen MR) is 91.0 cm³/mol. The zero-order chi connectivity index (χ0) is 19.3. The van der Waals surface area contributed by atoms with E-state index >= 15 is 0 Å². The van der Waals surface area contributed by atoms with Gasteiger partial charge in [-0.1, -0.05) is 6.07 Å². The first-order chi connectivity index (χ1) is 12.8. The molecule has 1 aliphatic rings. The summed E-state index contributed by atoms with van der Waals surface area (Å²) in [6, 6.07) is 9.37. The maximum absolute atomic E-state index is 14.0. The molecule has 4 nitrogen and oxygen atoms in total. The number of nitrogens with one attached hydrogen (secondary N) is 1. The van der Waals surface area contributed by atoms with Gasteiger partial charge in [0.05, 0.1) is 0 Å². The van der Waals surface area contributed by atoms with Crippen LogP contribution in [0.15, 0.2) is 54.6 Å². The Morgan fingerprint density at radius 2 is 1.19 bits per heavy atom. The van der Waals surface area contributed by atoms with Crippen molar-refractivity contribution in [3.05, 3.63) is 88.7 Å². The number of amides is 1. The van der Waals surface area contributed by atoms with Crippen molar-refractivity contribution in [2.75, 3.05) is 5.32 Å². The molecule has 0 saturated heterocycles. The van der Waals surface area contributed by atoms with Gasteiger partial charge in [-0.3, -0.25) is 4.79 Å². The predicted octanol–water partition coefficient (Wildman–Crippen LogP) is 3.80. The Morgan fingerprint density at radius 1 is 0.704 bits per heavy atom. The number of benzene rings is 3. The van der Waals surface area contributed by atoms with Gasteiger partial charge in [0.15, 0.2) is 0 Å². The highest BCUT2D eigenvalue weighted by Gasteiger charge is 2.53. The third kappa shape index (κ3) is 2.35. The Kier molecular flexibility index (Phi) is 3.62. The van der Waals surface area contributed by atoms with Crippen LogP contribution in [0.1, 0.15) is 16.7 Å². The van der Waals surface area contributed by atoms with Crippen molar-refractivity contribution >= 4 is 11.6 Å². The van der Waals surface area contributed by atoms with Crippen molar-refractivity contribution in [1.82, 2.24) is 0 Å². The number of carbonyl (C=O) groups is 1. The van der Waals surface area contributed by atoms with E-state index in [4.69, 9.17) is 0 Å². The van der Waals surface area contributed by atoms with Crippen LogP contribution in [-0.4, -0.2) is 16.1 Å². The molecule has 136 valence electrons. The molecule has 0 bridgehead atoms. The number of phenolic OH excluding ortho intramolecular Hbond substituents is 2. The van der Waals surface area contributed by atoms with Gasteiger partial charge >= 0.3 is 0 Å². The van der Waals surface area contributed by atoms with E-state index in [0.29, 0.717) is 0 Å². The van der Waals surface area contributed by atoms with Crippen molar-refractivity contribution in [2.45, 2.75) is 5.41 Å². The van der Waals surface area contributed by atoms with Crippen molar-refractivity contribution in [2.24, 2.45) is 0 Å². The average molecular weight is 371 g/mol. The normalized spacial score (nSPS) is 14.7. The van der Waals surface area contributed by atoms with Crippen molar-refractivity contribution in [3.63, 3.8) is 0 Å². The van der Waals surface area contributed by atoms with E-state index in [0.717, 1.165) is 48.5 Å². The van der Waals surface area contributed by atoms with Gasteiger partial charge in [0.1, 0.15) is 34.4 Å². The number of carbonyl (C=O) groups excluding carboxylic acids is 1. The second-order valence-electron chi connectivity index (χ2n) is 6.22. The fourth-order valence-corrected chi connectivity index (χ4v) is 3.58. The molecule has 1 amide bonds. The molecule has 0 aliphatic carbocycles. The second kappa shape index (κ2) is 5.77.